The number of hydrogen-bond acceptors (Lipinski definition) is 8. The van der Waals surface area contributed by atoms with Crippen molar-refractivity contribution in [3.63, 3.8) is 0 Å². The average molecular weight is 568 g/mol. The Labute approximate surface area is 238 Å². The molecular weight excluding hydrogens is 542 g/mol. The molecule has 0 radical (unpaired) electrons. The molecule has 5 aromatic rings. The van der Waals surface area contributed by atoms with Gasteiger partial charge in [-0.05, 0) is 50.2 Å². The topological polar surface area (TPSA) is 109 Å². The van der Waals surface area contributed by atoms with Gasteiger partial charge in [0, 0.05) is 21.9 Å². The number of aromatic nitrogens is 2. The molecule has 1 N–H and O–H groups in total. The van der Waals surface area contributed by atoms with Crippen LogP contribution in [0.4, 0.5) is 5.00 Å². The molecule has 0 saturated carbocycles. The number of para-hydroxylation sites is 2. The van der Waals surface area contributed by atoms with Gasteiger partial charge in [-0.3, -0.25) is 9.59 Å². The molecule has 10 heteroatoms. The van der Waals surface area contributed by atoms with Gasteiger partial charge in [0.1, 0.15) is 22.2 Å². The van der Waals surface area contributed by atoms with Gasteiger partial charge in [-0.2, -0.15) is 9.78 Å². The summed E-state index contributed by atoms with van der Waals surface area (Å²) in [5, 5.41) is 9.77. The number of hydrogen-bond donors (Lipinski definition) is 1. The molecule has 1 amide bonds. The highest BCUT2D eigenvalue weighted by Crippen LogP contribution is 2.44. The van der Waals surface area contributed by atoms with Crippen LogP contribution in [-0.2, 0) is 9.53 Å². The number of benzene rings is 3. The van der Waals surface area contributed by atoms with Gasteiger partial charge in [0.15, 0.2) is 5.69 Å². The maximum absolute atomic E-state index is 13.9. The van der Waals surface area contributed by atoms with Crippen molar-refractivity contribution in [2.24, 2.45) is 0 Å². The van der Waals surface area contributed by atoms with Crippen LogP contribution < -0.4 is 20.3 Å². The molecule has 0 saturated heterocycles. The number of rotatable bonds is 7. The van der Waals surface area contributed by atoms with Crippen LogP contribution in [-0.4, -0.2) is 34.9 Å². The minimum Gasteiger partial charge on any atom is -0.494 e. The molecule has 2 aromatic heterocycles. The van der Waals surface area contributed by atoms with Crippen molar-refractivity contribution >= 4 is 39.0 Å². The molecule has 3 aromatic carbocycles. The predicted molar refractivity (Wildman–Crippen MR) is 156 cm³/mol. The van der Waals surface area contributed by atoms with Crippen LogP contribution in [0.25, 0.3) is 16.5 Å². The summed E-state index contributed by atoms with van der Waals surface area (Å²) in [6.45, 7) is 4.21. The predicted octanol–water partition coefficient (Wildman–Crippen LogP) is 5.90. The van der Waals surface area contributed by atoms with Gasteiger partial charge in [-0.25, -0.2) is 4.79 Å². The number of fused-ring (bicyclic) bond motifs is 3. The number of amides is 1. The van der Waals surface area contributed by atoms with Gasteiger partial charge in [-0.15, -0.1) is 11.3 Å². The van der Waals surface area contributed by atoms with Gasteiger partial charge >= 0.3 is 5.97 Å². The first-order valence-corrected chi connectivity index (χ1v) is 14.0. The van der Waals surface area contributed by atoms with E-state index < -0.39 is 17.4 Å². The summed E-state index contributed by atoms with van der Waals surface area (Å²) in [6.07, 6.45) is 0. The van der Waals surface area contributed by atoms with Crippen molar-refractivity contribution in [3.8, 4) is 22.9 Å². The normalized spacial score (nSPS) is 12.2. The highest BCUT2D eigenvalue weighted by atomic mass is 32.1. The lowest BCUT2D eigenvalue weighted by Crippen LogP contribution is -2.27. The monoisotopic (exact) mass is 567 g/mol. The SMILES string of the molecule is CCOC(=O)c1nn(-c2ccc(OCC)cc2)c(=O)c2c(NC(=O)C3c4ccccc4Oc4ccccc43)scc12. The van der Waals surface area contributed by atoms with E-state index >= 15 is 0 Å². The van der Waals surface area contributed by atoms with Gasteiger partial charge in [0.05, 0.1) is 30.2 Å². The maximum Gasteiger partial charge on any atom is 0.359 e. The Morgan fingerprint density at radius 1 is 0.951 bits per heavy atom. The standard InChI is InChI=1S/C31H25N3O6S/c1-3-38-19-15-13-18(14-16-19)34-30(36)26-22(27(33-34)31(37)39-4-2)17-41-29(26)32-28(35)25-20-9-5-7-11-23(20)40-24-12-8-6-10-21(24)25/h5-17,25H,3-4H2,1-2H3,(H,32,35). The maximum atomic E-state index is 13.9. The van der Waals surface area contributed by atoms with Crippen LogP contribution in [0.2, 0.25) is 0 Å². The van der Waals surface area contributed by atoms with Crippen molar-refractivity contribution in [2.45, 2.75) is 19.8 Å². The number of esters is 1. The first-order chi connectivity index (χ1) is 20.0. The molecule has 9 nitrogen and oxygen atoms in total. The summed E-state index contributed by atoms with van der Waals surface area (Å²) in [6, 6.07) is 21.5. The fourth-order valence-corrected chi connectivity index (χ4v) is 5.83. The third-order valence-electron chi connectivity index (χ3n) is 6.69. The second kappa shape index (κ2) is 10.9. The molecule has 206 valence electrons. The second-order valence-corrected chi connectivity index (χ2v) is 10.0. The zero-order chi connectivity index (χ0) is 28.5. The Balaban J connectivity index is 1.46. The van der Waals surface area contributed by atoms with Crippen LogP contribution in [0, 0.1) is 0 Å². The number of thiophene rings is 1. The number of nitrogens with one attached hydrogen (secondary N) is 1. The van der Waals surface area contributed by atoms with Crippen molar-refractivity contribution in [1.82, 2.24) is 9.78 Å². The minimum absolute atomic E-state index is 0.0196. The Hall–Kier alpha value is -4.96. The van der Waals surface area contributed by atoms with E-state index in [1.807, 2.05) is 55.5 Å². The highest BCUT2D eigenvalue weighted by molar-refractivity contribution is 7.16. The fraction of sp³-hybridized carbons (Fsp3) is 0.161. The number of carbonyl (C=O) groups is 2. The molecule has 0 aliphatic carbocycles. The summed E-state index contributed by atoms with van der Waals surface area (Å²) < 4.78 is 17.9. The third-order valence-corrected chi connectivity index (χ3v) is 7.59. The zero-order valence-corrected chi connectivity index (χ0v) is 23.1. The Kier molecular flexibility index (Phi) is 6.98. The number of nitrogens with zero attached hydrogens (tertiary/aromatic N) is 2. The quantitative estimate of drug-likeness (QED) is 0.244. The zero-order valence-electron chi connectivity index (χ0n) is 22.2. The van der Waals surface area contributed by atoms with Crippen molar-refractivity contribution in [2.75, 3.05) is 18.5 Å². The van der Waals surface area contributed by atoms with Crippen molar-refractivity contribution < 1.29 is 23.8 Å². The summed E-state index contributed by atoms with van der Waals surface area (Å²) >= 11 is 1.15. The smallest absolute Gasteiger partial charge is 0.359 e. The lowest BCUT2D eigenvalue weighted by atomic mass is 9.87. The van der Waals surface area contributed by atoms with Gasteiger partial charge in [0.2, 0.25) is 5.91 Å². The van der Waals surface area contributed by atoms with Crippen LogP contribution in [0.3, 0.4) is 0 Å². The molecule has 1 aliphatic heterocycles. The Morgan fingerprint density at radius 3 is 2.24 bits per heavy atom. The van der Waals surface area contributed by atoms with Gasteiger partial charge in [-0.1, -0.05) is 36.4 Å². The minimum atomic E-state index is -0.673. The summed E-state index contributed by atoms with van der Waals surface area (Å²) in [4.78, 5) is 40.7. The van der Waals surface area contributed by atoms with E-state index in [9.17, 15) is 14.4 Å². The molecule has 6 rings (SSSR count). The average Bonchev–Trinajstić information content (AvgIpc) is 3.40. The van der Waals surface area contributed by atoms with E-state index in [1.165, 1.54) is 0 Å². The summed E-state index contributed by atoms with van der Waals surface area (Å²) in [5.74, 6) is 0.145. The molecule has 0 spiro atoms. The van der Waals surface area contributed by atoms with E-state index in [4.69, 9.17) is 14.2 Å². The Bertz CT molecular complexity index is 1800. The van der Waals surface area contributed by atoms with Gasteiger partial charge < -0.3 is 19.5 Å². The highest BCUT2D eigenvalue weighted by Gasteiger charge is 2.33. The van der Waals surface area contributed by atoms with Crippen LogP contribution >= 0.6 is 11.3 Å². The second-order valence-electron chi connectivity index (χ2n) is 9.17. The largest absolute Gasteiger partial charge is 0.494 e. The first kappa shape index (κ1) is 26.3. The molecule has 0 fully saturated rings. The first-order valence-electron chi connectivity index (χ1n) is 13.1. The van der Waals surface area contributed by atoms with E-state index in [0.717, 1.165) is 16.0 Å². The van der Waals surface area contributed by atoms with Crippen molar-refractivity contribution in [3.05, 3.63) is 105 Å². The third kappa shape index (κ3) is 4.72. The van der Waals surface area contributed by atoms with Crippen LogP contribution in [0.5, 0.6) is 17.2 Å². The number of anilines is 1. The number of carbonyl (C=O) groups excluding carboxylic acids is 2. The molecular formula is C31H25N3O6S. The molecule has 0 unspecified atom stereocenters. The van der Waals surface area contributed by atoms with Crippen molar-refractivity contribution in [1.29, 1.82) is 0 Å². The van der Waals surface area contributed by atoms with E-state index in [0.29, 0.717) is 51.1 Å². The van der Waals surface area contributed by atoms with E-state index in [1.54, 1.807) is 36.6 Å². The van der Waals surface area contributed by atoms with Crippen LogP contribution in [0.1, 0.15) is 41.4 Å². The lowest BCUT2D eigenvalue weighted by molar-refractivity contribution is -0.116. The summed E-state index contributed by atoms with van der Waals surface area (Å²) in [5.41, 5.74) is 1.35. The van der Waals surface area contributed by atoms with Gasteiger partial charge in [0.25, 0.3) is 5.56 Å². The van der Waals surface area contributed by atoms with E-state index in [2.05, 4.69) is 10.4 Å². The molecule has 0 bridgehead atoms. The molecule has 41 heavy (non-hydrogen) atoms. The van der Waals surface area contributed by atoms with Crippen LogP contribution in [0.15, 0.2) is 83.0 Å². The molecule has 0 atom stereocenters. The molecule has 1 aliphatic rings. The lowest BCUT2D eigenvalue weighted by Gasteiger charge is -2.27. The molecule has 3 heterocycles. The fourth-order valence-electron chi connectivity index (χ4n) is 4.89. The summed E-state index contributed by atoms with van der Waals surface area (Å²) in [7, 11) is 0. The Morgan fingerprint density at radius 2 is 1.61 bits per heavy atom. The number of ether oxygens (including phenoxy) is 3. The van der Waals surface area contributed by atoms with E-state index in [-0.39, 0.29) is 23.6 Å².